The van der Waals surface area contributed by atoms with Crippen LogP contribution in [0.15, 0.2) is 93.8 Å². The molecule has 0 unspecified atom stereocenters. The highest BCUT2D eigenvalue weighted by molar-refractivity contribution is 5.81. The van der Waals surface area contributed by atoms with Crippen molar-refractivity contribution in [3.05, 3.63) is 85.0 Å². The van der Waals surface area contributed by atoms with Crippen LogP contribution in [0.3, 0.4) is 0 Å². The first-order valence-electron chi connectivity index (χ1n) is 16.5. The summed E-state index contributed by atoms with van der Waals surface area (Å²) in [5, 5.41) is 16.4. The summed E-state index contributed by atoms with van der Waals surface area (Å²) in [5.74, 6) is -2.48. The number of Topliss-reactive ketones (excluding diaryl/α,β-unsaturated/α-hetero) is 1. The van der Waals surface area contributed by atoms with Crippen LogP contribution < -0.4 is 9.64 Å². The van der Waals surface area contributed by atoms with Crippen LogP contribution in [0.2, 0.25) is 0 Å². The van der Waals surface area contributed by atoms with Gasteiger partial charge in [0.25, 0.3) is 0 Å². The number of likely N-dealkylation sites (N-methyl/N-ethyl adjacent to an activating group) is 1. The van der Waals surface area contributed by atoms with Gasteiger partial charge in [0.2, 0.25) is 5.82 Å². The Morgan fingerprint density at radius 1 is 0.729 bits per heavy atom. The number of halogens is 2. The van der Waals surface area contributed by atoms with Crippen LogP contribution in [0.5, 0.6) is 5.75 Å². The lowest BCUT2D eigenvalue weighted by atomic mass is 10.1. The van der Waals surface area contributed by atoms with Crippen molar-refractivity contribution in [2.75, 3.05) is 31.2 Å². The summed E-state index contributed by atoms with van der Waals surface area (Å²) >= 11 is 0. The highest BCUT2D eigenvalue weighted by Gasteiger charge is 2.14. The molecule has 0 bridgehead atoms. The van der Waals surface area contributed by atoms with Crippen molar-refractivity contribution in [2.45, 2.75) is 71.6 Å². The molecule has 3 rings (SSSR count). The maximum absolute atomic E-state index is 14.6. The van der Waals surface area contributed by atoms with Crippen molar-refractivity contribution in [2.24, 2.45) is 20.5 Å². The van der Waals surface area contributed by atoms with Gasteiger partial charge in [0.1, 0.15) is 18.1 Å². The van der Waals surface area contributed by atoms with Crippen LogP contribution in [-0.2, 0) is 14.3 Å². The number of azo groups is 2. The fraction of sp³-hybridized carbons (Fsp3) is 0.405. The van der Waals surface area contributed by atoms with E-state index >= 15 is 0 Å². The van der Waals surface area contributed by atoms with Gasteiger partial charge in [-0.2, -0.15) is 19.7 Å². The van der Waals surface area contributed by atoms with Crippen LogP contribution >= 0.6 is 0 Å². The number of nitrogens with zero attached hydrogens (tertiary/aromatic N) is 5. The molecule has 0 amide bonds. The molecule has 0 aliphatic carbocycles. The zero-order chi connectivity index (χ0) is 34.6. The first-order valence-corrected chi connectivity index (χ1v) is 16.5. The summed E-state index contributed by atoms with van der Waals surface area (Å²) < 4.78 is 39.8. The second-order valence-electron chi connectivity index (χ2n) is 11.1. The number of esters is 1. The van der Waals surface area contributed by atoms with Crippen LogP contribution in [-0.4, -0.2) is 38.1 Å². The molecule has 48 heavy (non-hydrogen) atoms. The van der Waals surface area contributed by atoms with Crippen LogP contribution in [0.1, 0.15) is 71.6 Å². The zero-order valence-electron chi connectivity index (χ0n) is 27.9. The summed E-state index contributed by atoms with van der Waals surface area (Å²) in [7, 11) is 0. The van der Waals surface area contributed by atoms with Gasteiger partial charge in [0.05, 0.1) is 30.2 Å². The predicted molar refractivity (Wildman–Crippen MR) is 184 cm³/mol. The lowest BCUT2D eigenvalue weighted by Crippen LogP contribution is -2.27. The van der Waals surface area contributed by atoms with Gasteiger partial charge in [0.15, 0.2) is 11.6 Å². The highest BCUT2D eigenvalue weighted by atomic mass is 19.2. The minimum absolute atomic E-state index is 0.148. The molecular formula is C37H45F2N5O4. The zero-order valence-corrected chi connectivity index (χ0v) is 27.9. The van der Waals surface area contributed by atoms with Gasteiger partial charge in [-0.3, -0.25) is 4.79 Å². The molecule has 0 aromatic heterocycles. The second-order valence-corrected chi connectivity index (χ2v) is 11.1. The van der Waals surface area contributed by atoms with E-state index in [4.69, 9.17) is 9.47 Å². The van der Waals surface area contributed by atoms with E-state index in [2.05, 4.69) is 31.9 Å². The monoisotopic (exact) mass is 661 g/mol. The van der Waals surface area contributed by atoms with Crippen molar-refractivity contribution >= 4 is 40.2 Å². The third-order valence-corrected chi connectivity index (χ3v) is 7.55. The van der Waals surface area contributed by atoms with E-state index in [1.165, 1.54) is 12.1 Å². The molecule has 0 radical (unpaired) electrons. The molecular weight excluding hydrogens is 616 g/mol. The molecule has 0 aliphatic heterocycles. The van der Waals surface area contributed by atoms with Crippen molar-refractivity contribution in [3.8, 4) is 5.75 Å². The Kier molecular flexibility index (Phi) is 16.6. The number of carbonyl (C=O) groups is 2. The van der Waals surface area contributed by atoms with Gasteiger partial charge in [-0.1, -0.05) is 45.6 Å². The number of carbonyl (C=O) groups excluding carboxylic acids is 2. The van der Waals surface area contributed by atoms with E-state index in [0.717, 1.165) is 63.3 Å². The van der Waals surface area contributed by atoms with E-state index in [1.807, 2.05) is 38.1 Å². The standard InChI is InChI=1S/C37H45F2N5O4/c1-4-32(45)14-12-10-8-7-9-11-13-26-47-34-24-23-33(36(38)37(34)39)43-42-29-17-15-28(16-18-29)40-41-30-19-21-31(22-20-30)44(6-3)25-27-48-35(46)5-2/h5,15-24H,2,4,6-14,25-27H2,1,3H3. The molecule has 0 heterocycles. The highest BCUT2D eigenvalue weighted by Crippen LogP contribution is 2.30. The van der Waals surface area contributed by atoms with E-state index in [0.29, 0.717) is 48.8 Å². The van der Waals surface area contributed by atoms with E-state index in [9.17, 15) is 18.4 Å². The maximum Gasteiger partial charge on any atom is 0.330 e. The molecule has 0 atom stereocenters. The molecule has 0 N–H and O–H groups in total. The Morgan fingerprint density at radius 3 is 1.88 bits per heavy atom. The number of hydrogen-bond donors (Lipinski definition) is 0. The third-order valence-electron chi connectivity index (χ3n) is 7.55. The normalized spacial score (nSPS) is 11.2. The van der Waals surface area contributed by atoms with Crippen molar-refractivity contribution in [1.29, 1.82) is 0 Å². The summed E-state index contributed by atoms with van der Waals surface area (Å²) in [4.78, 5) is 24.6. The topological polar surface area (TPSA) is 105 Å². The van der Waals surface area contributed by atoms with Gasteiger partial charge in [-0.15, -0.1) is 5.11 Å². The molecule has 0 saturated heterocycles. The SMILES string of the molecule is C=CC(=O)OCCN(CC)c1ccc(N=Nc2ccc(N=Nc3ccc(OCCCCCCCCCC(=O)CC)c(F)c3F)cc2)cc1. The maximum atomic E-state index is 14.6. The minimum atomic E-state index is -1.12. The quantitative estimate of drug-likeness (QED) is 0.0461. The number of anilines is 1. The van der Waals surface area contributed by atoms with E-state index in [1.54, 1.807) is 24.3 Å². The van der Waals surface area contributed by atoms with Crippen molar-refractivity contribution in [1.82, 2.24) is 0 Å². The number of ketones is 1. The molecule has 0 spiro atoms. The lowest BCUT2D eigenvalue weighted by molar-refractivity contribution is -0.137. The van der Waals surface area contributed by atoms with E-state index in [-0.39, 0.29) is 18.0 Å². The Morgan fingerprint density at radius 2 is 1.29 bits per heavy atom. The van der Waals surface area contributed by atoms with Crippen molar-refractivity contribution in [3.63, 3.8) is 0 Å². The number of hydrogen-bond acceptors (Lipinski definition) is 9. The number of ether oxygens (including phenoxy) is 2. The molecule has 0 fully saturated rings. The summed E-state index contributed by atoms with van der Waals surface area (Å²) in [6.45, 7) is 9.15. The van der Waals surface area contributed by atoms with Gasteiger partial charge in [-0.05, 0) is 80.4 Å². The van der Waals surface area contributed by atoms with Crippen LogP contribution in [0.4, 0.5) is 37.2 Å². The Balaban J connectivity index is 1.43. The fourth-order valence-electron chi connectivity index (χ4n) is 4.71. The lowest BCUT2D eigenvalue weighted by Gasteiger charge is -2.22. The average Bonchev–Trinajstić information content (AvgIpc) is 3.11. The van der Waals surface area contributed by atoms with Gasteiger partial charge < -0.3 is 14.4 Å². The Bertz CT molecular complexity index is 1510. The molecule has 0 saturated carbocycles. The van der Waals surface area contributed by atoms with Crippen molar-refractivity contribution < 1.29 is 27.8 Å². The van der Waals surface area contributed by atoms with Crippen LogP contribution in [0, 0.1) is 11.6 Å². The predicted octanol–water partition coefficient (Wildman–Crippen LogP) is 10.8. The third kappa shape index (κ3) is 13.1. The molecule has 0 aliphatic rings. The van der Waals surface area contributed by atoms with E-state index < -0.39 is 17.6 Å². The smallest absolute Gasteiger partial charge is 0.330 e. The summed E-state index contributed by atoms with van der Waals surface area (Å²) in [5.41, 5.74) is 2.41. The summed E-state index contributed by atoms with van der Waals surface area (Å²) in [6.07, 6.45) is 9.34. The molecule has 3 aromatic rings. The second kappa shape index (κ2) is 21.1. The fourth-order valence-corrected chi connectivity index (χ4v) is 4.71. The molecule has 9 nitrogen and oxygen atoms in total. The number of unbranched alkanes of at least 4 members (excludes halogenated alkanes) is 6. The van der Waals surface area contributed by atoms with Gasteiger partial charge in [-0.25, -0.2) is 9.18 Å². The Hall–Kier alpha value is -4.80. The van der Waals surface area contributed by atoms with Gasteiger partial charge >= 0.3 is 5.97 Å². The summed E-state index contributed by atoms with van der Waals surface area (Å²) in [6, 6.07) is 16.9. The largest absolute Gasteiger partial charge is 0.490 e. The number of rotatable bonds is 22. The van der Waals surface area contributed by atoms with Gasteiger partial charge in [0, 0.05) is 31.1 Å². The first kappa shape index (κ1) is 37.7. The minimum Gasteiger partial charge on any atom is -0.490 e. The van der Waals surface area contributed by atoms with Crippen LogP contribution in [0.25, 0.3) is 0 Å². The number of benzene rings is 3. The first-order chi connectivity index (χ1) is 23.3. The Labute approximate surface area is 281 Å². The average molecular weight is 662 g/mol. The molecule has 256 valence electrons. The molecule has 3 aromatic carbocycles. The molecule has 11 heteroatoms.